The maximum atomic E-state index is 12.3. The first-order valence-electron chi connectivity index (χ1n) is 6.49. The van der Waals surface area contributed by atoms with E-state index < -0.39 is 5.97 Å². The van der Waals surface area contributed by atoms with Crippen LogP contribution in [0.4, 0.5) is 0 Å². The second-order valence-electron chi connectivity index (χ2n) is 4.67. The monoisotopic (exact) mass is 300 g/mol. The molecule has 0 amide bonds. The third-order valence-electron chi connectivity index (χ3n) is 3.05. The predicted molar refractivity (Wildman–Crippen MR) is 84.6 cm³/mol. The van der Waals surface area contributed by atoms with Crippen molar-refractivity contribution in [3.63, 3.8) is 0 Å². The molecule has 0 aliphatic rings. The van der Waals surface area contributed by atoms with Gasteiger partial charge in [-0.25, -0.2) is 4.79 Å². The lowest BCUT2D eigenvalue weighted by atomic mass is 10.1. The van der Waals surface area contributed by atoms with Crippen molar-refractivity contribution in [2.24, 2.45) is 0 Å². The number of hydrogen-bond donors (Lipinski definition) is 0. The molecule has 1 aromatic heterocycles. The average Bonchev–Trinajstić information content (AvgIpc) is 2.89. The molecule has 1 heterocycles. The standard InChI is InChI=1S/C17H16O3S/c1-11-10-15(13-7-5-4-6-8-13)21-16(11)14(18)9-12(2)17(19)20-3/h4-10H,1-3H3. The van der Waals surface area contributed by atoms with E-state index in [0.29, 0.717) is 10.5 Å². The number of carbonyl (C=O) groups excluding carboxylic acids is 2. The van der Waals surface area contributed by atoms with Crippen LogP contribution in [0.15, 0.2) is 48.0 Å². The molecule has 3 nitrogen and oxygen atoms in total. The van der Waals surface area contributed by atoms with Gasteiger partial charge in [0, 0.05) is 10.5 Å². The Labute approximate surface area is 127 Å². The van der Waals surface area contributed by atoms with Gasteiger partial charge in [-0.05, 0) is 37.1 Å². The molecule has 0 aliphatic heterocycles. The summed E-state index contributed by atoms with van der Waals surface area (Å²) in [4.78, 5) is 25.3. The second-order valence-corrected chi connectivity index (χ2v) is 5.72. The summed E-state index contributed by atoms with van der Waals surface area (Å²) in [6.07, 6.45) is 1.33. The molecule has 0 spiro atoms. The third-order valence-corrected chi connectivity index (χ3v) is 4.36. The lowest BCUT2D eigenvalue weighted by Crippen LogP contribution is -2.04. The number of esters is 1. The van der Waals surface area contributed by atoms with Crippen molar-refractivity contribution in [1.29, 1.82) is 0 Å². The minimum Gasteiger partial charge on any atom is -0.466 e. The molecule has 4 heteroatoms. The lowest BCUT2D eigenvalue weighted by molar-refractivity contribution is -0.136. The molecule has 0 aliphatic carbocycles. The van der Waals surface area contributed by atoms with Gasteiger partial charge in [-0.3, -0.25) is 4.79 Å². The number of carbonyl (C=O) groups is 2. The number of aryl methyl sites for hydroxylation is 1. The highest BCUT2D eigenvalue weighted by molar-refractivity contribution is 7.17. The van der Waals surface area contributed by atoms with Crippen LogP contribution in [0.2, 0.25) is 0 Å². The van der Waals surface area contributed by atoms with Crippen LogP contribution in [-0.2, 0) is 9.53 Å². The van der Waals surface area contributed by atoms with Crippen LogP contribution in [0.1, 0.15) is 22.2 Å². The van der Waals surface area contributed by atoms with Gasteiger partial charge in [0.15, 0.2) is 5.78 Å². The average molecular weight is 300 g/mol. The highest BCUT2D eigenvalue weighted by atomic mass is 32.1. The Balaban J connectivity index is 2.32. The zero-order valence-electron chi connectivity index (χ0n) is 12.2. The van der Waals surface area contributed by atoms with Gasteiger partial charge in [-0.2, -0.15) is 0 Å². The first-order valence-corrected chi connectivity index (χ1v) is 7.31. The van der Waals surface area contributed by atoms with Crippen molar-refractivity contribution >= 4 is 23.1 Å². The van der Waals surface area contributed by atoms with E-state index in [0.717, 1.165) is 16.0 Å². The van der Waals surface area contributed by atoms with Crippen molar-refractivity contribution in [3.8, 4) is 10.4 Å². The summed E-state index contributed by atoms with van der Waals surface area (Å²) in [6, 6.07) is 11.9. The predicted octanol–water partition coefficient (Wildman–Crippen LogP) is 4.03. The number of allylic oxidation sites excluding steroid dienone is 1. The fourth-order valence-corrected chi connectivity index (χ4v) is 3.04. The van der Waals surface area contributed by atoms with E-state index in [4.69, 9.17) is 0 Å². The van der Waals surface area contributed by atoms with Crippen LogP contribution in [0, 0.1) is 6.92 Å². The Hall–Kier alpha value is -2.20. The van der Waals surface area contributed by atoms with Gasteiger partial charge >= 0.3 is 5.97 Å². The number of rotatable bonds is 4. The van der Waals surface area contributed by atoms with E-state index in [-0.39, 0.29) is 5.78 Å². The molecule has 0 radical (unpaired) electrons. The summed E-state index contributed by atoms with van der Waals surface area (Å²) < 4.78 is 4.60. The molecule has 2 aromatic rings. The lowest BCUT2D eigenvalue weighted by Gasteiger charge is -1.98. The van der Waals surface area contributed by atoms with Gasteiger partial charge in [-0.1, -0.05) is 30.3 Å². The highest BCUT2D eigenvalue weighted by Gasteiger charge is 2.14. The molecule has 0 unspecified atom stereocenters. The quantitative estimate of drug-likeness (QED) is 0.486. The van der Waals surface area contributed by atoms with Gasteiger partial charge in [0.2, 0.25) is 0 Å². The molecule has 0 saturated heterocycles. The first-order chi connectivity index (χ1) is 10.0. The summed E-state index contributed by atoms with van der Waals surface area (Å²) in [7, 11) is 1.30. The Bertz CT molecular complexity index is 696. The van der Waals surface area contributed by atoms with E-state index in [1.165, 1.54) is 24.5 Å². The largest absolute Gasteiger partial charge is 0.466 e. The van der Waals surface area contributed by atoms with Crippen molar-refractivity contribution < 1.29 is 14.3 Å². The minimum atomic E-state index is -0.485. The molecule has 21 heavy (non-hydrogen) atoms. The fourth-order valence-electron chi connectivity index (χ4n) is 1.95. The molecule has 108 valence electrons. The molecule has 0 bridgehead atoms. The Kier molecular flexibility index (Phi) is 4.70. The van der Waals surface area contributed by atoms with Crippen molar-refractivity contribution in [1.82, 2.24) is 0 Å². The Morgan fingerprint density at radius 3 is 2.48 bits per heavy atom. The number of ketones is 1. The van der Waals surface area contributed by atoms with Crippen LogP contribution in [0.5, 0.6) is 0 Å². The molecular formula is C17H16O3S. The van der Waals surface area contributed by atoms with Gasteiger partial charge in [0.1, 0.15) is 0 Å². The maximum Gasteiger partial charge on any atom is 0.333 e. The molecular weight excluding hydrogens is 284 g/mol. The van der Waals surface area contributed by atoms with E-state index in [1.54, 1.807) is 6.92 Å². The summed E-state index contributed by atoms with van der Waals surface area (Å²) >= 11 is 1.44. The number of benzene rings is 1. The molecule has 0 saturated carbocycles. The third kappa shape index (κ3) is 3.47. The molecule has 2 rings (SSSR count). The summed E-state index contributed by atoms with van der Waals surface area (Å²) in [5, 5.41) is 0. The topological polar surface area (TPSA) is 43.4 Å². The normalized spacial score (nSPS) is 11.3. The first kappa shape index (κ1) is 15.2. The minimum absolute atomic E-state index is 0.164. The van der Waals surface area contributed by atoms with Gasteiger partial charge in [-0.15, -0.1) is 11.3 Å². The number of methoxy groups -OCH3 is 1. The fraction of sp³-hybridized carbons (Fsp3) is 0.176. The summed E-state index contributed by atoms with van der Waals surface area (Å²) in [5.41, 5.74) is 2.30. The maximum absolute atomic E-state index is 12.3. The molecule has 0 fully saturated rings. The van der Waals surface area contributed by atoms with E-state index in [1.807, 2.05) is 43.3 Å². The van der Waals surface area contributed by atoms with Crippen LogP contribution in [0.25, 0.3) is 10.4 Å². The van der Waals surface area contributed by atoms with Gasteiger partial charge in [0.05, 0.1) is 12.0 Å². The Morgan fingerprint density at radius 1 is 1.19 bits per heavy atom. The zero-order chi connectivity index (χ0) is 15.4. The molecule has 1 aromatic carbocycles. The van der Waals surface area contributed by atoms with Gasteiger partial charge < -0.3 is 4.74 Å². The van der Waals surface area contributed by atoms with E-state index >= 15 is 0 Å². The Morgan fingerprint density at radius 2 is 1.86 bits per heavy atom. The SMILES string of the molecule is COC(=O)C(C)=CC(=O)c1sc(-c2ccccc2)cc1C. The van der Waals surface area contributed by atoms with Crippen molar-refractivity contribution in [3.05, 3.63) is 58.5 Å². The van der Waals surface area contributed by atoms with Crippen molar-refractivity contribution in [2.45, 2.75) is 13.8 Å². The number of thiophene rings is 1. The van der Waals surface area contributed by atoms with Crippen LogP contribution in [-0.4, -0.2) is 18.9 Å². The van der Waals surface area contributed by atoms with Crippen LogP contribution < -0.4 is 0 Å². The summed E-state index contributed by atoms with van der Waals surface area (Å²) in [6.45, 7) is 3.47. The number of hydrogen-bond acceptors (Lipinski definition) is 4. The molecule has 0 N–H and O–H groups in total. The highest BCUT2D eigenvalue weighted by Crippen LogP contribution is 2.31. The van der Waals surface area contributed by atoms with Gasteiger partial charge in [0.25, 0.3) is 0 Å². The van der Waals surface area contributed by atoms with Crippen molar-refractivity contribution in [2.75, 3.05) is 7.11 Å². The second kappa shape index (κ2) is 6.50. The summed E-state index contributed by atoms with van der Waals surface area (Å²) in [5.74, 6) is -0.650. The van der Waals surface area contributed by atoms with Crippen LogP contribution in [0.3, 0.4) is 0 Å². The molecule has 0 atom stereocenters. The van der Waals surface area contributed by atoms with E-state index in [2.05, 4.69) is 4.74 Å². The van der Waals surface area contributed by atoms with E-state index in [9.17, 15) is 9.59 Å². The number of ether oxygens (including phenoxy) is 1. The zero-order valence-corrected chi connectivity index (χ0v) is 13.0. The van der Waals surface area contributed by atoms with Crippen LogP contribution >= 0.6 is 11.3 Å². The smallest absolute Gasteiger partial charge is 0.333 e.